The summed E-state index contributed by atoms with van der Waals surface area (Å²) >= 11 is 0. The molecule has 23 heavy (non-hydrogen) atoms. The number of rotatable bonds is 4. The summed E-state index contributed by atoms with van der Waals surface area (Å²) in [6.45, 7) is 4.55. The number of aromatic nitrogens is 1. The molecule has 0 spiro atoms. The molecule has 0 amide bonds. The molecule has 0 bridgehead atoms. The lowest BCUT2D eigenvalue weighted by atomic mass is 10.0. The monoisotopic (exact) mass is 307 g/mol. The highest BCUT2D eigenvalue weighted by Crippen LogP contribution is 2.37. The van der Waals surface area contributed by atoms with Crippen LogP contribution in [0, 0.1) is 0 Å². The molecular formula is C20H25N3. The van der Waals surface area contributed by atoms with Crippen LogP contribution in [-0.4, -0.2) is 29.5 Å². The fourth-order valence-corrected chi connectivity index (χ4v) is 4.05. The van der Waals surface area contributed by atoms with Gasteiger partial charge in [-0.25, -0.2) is 4.98 Å². The molecule has 0 saturated carbocycles. The molecule has 4 rings (SSSR count). The summed E-state index contributed by atoms with van der Waals surface area (Å²) in [5, 5.41) is 0. The summed E-state index contributed by atoms with van der Waals surface area (Å²) in [5.74, 6) is 1.23. The summed E-state index contributed by atoms with van der Waals surface area (Å²) in [5.41, 5.74) is 2.84. The van der Waals surface area contributed by atoms with Crippen molar-refractivity contribution in [2.75, 3.05) is 24.5 Å². The van der Waals surface area contributed by atoms with Crippen molar-refractivity contribution in [1.29, 1.82) is 0 Å². The molecule has 0 N–H and O–H groups in total. The molecule has 2 saturated heterocycles. The molecule has 3 heterocycles. The largest absolute Gasteiger partial charge is 0.356 e. The van der Waals surface area contributed by atoms with Gasteiger partial charge in [-0.1, -0.05) is 36.4 Å². The summed E-state index contributed by atoms with van der Waals surface area (Å²) in [6, 6.07) is 15.8. The van der Waals surface area contributed by atoms with Crippen molar-refractivity contribution >= 4 is 5.82 Å². The van der Waals surface area contributed by atoms with Crippen LogP contribution >= 0.6 is 0 Å². The van der Waals surface area contributed by atoms with Gasteiger partial charge in [0.25, 0.3) is 0 Å². The maximum Gasteiger partial charge on any atom is 0.133 e. The van der Waals surface area contributed by atoms with Gasteiger partial charge in [-0.3, -0.25) is 4.90 Å². The van der Waals surface area contributed by atoms with Gasteiger partial charge >= 0.3 is 0 Å². The third-order valence-corrected chi connectivity index (χ3v) is 5.17. The Bertz CT molecular complexity index is 634. The fourth-order valence-electron chi connectivity index (χ4n) is 4.05. The number of nitrogens with zero attached hydrogens (tertiary/aromatic N) is 3. The molecule has 1 atom stereocenters. The zero-order valence-corrected chi connectivity index (χ0v) is 13.7. The van der Waals surface area contributed by atoms with Crippen molar-refractivity contribution in [2.45, 2.75) is 38.3 Å². The van der Waals surface area contributed by atoms with Crippen molar-refractivity contribution < 1.29 is 0 Å². The molecule has 3 nitrogen and oxygen atoms in total. The molecule has 2 aliphatic rings. The third kappa shape index (κ3) is 3.11. The van der Waals surface area contributed by atoms with E-state index in [2.05, 4.69) is 52.3 Å². The smallest absolute Gasteiger partial charge is 0.133 e. The molecule has 2 fully saturated rings. The topological polar surface area (TPSA) is 19.4 Å². The maximum absolute atomic E-state index is 4.75. The highest BCUT2D eigenvalue weighted by atomic mass is 15.2. The Labute approximate surface area is 139 Å². The molecule has 2 aromatic rings. The molecule has 1 aromatic carbocycles. The predicted molar refractivity (Wildman–Crippen MR) is 94.5 cm³/mol. The first kappa shape index (κ1) is 14.7. The summed E-state index contributed by atoms with van der Waals surface area (Å²) < 4.78 is 0. The van der Waals surface area contributed by atoms with E-state index < -0.39 is 0 Å². The van der Waals surface area contributed by atoms with Crippen molar-refractivity contribution in [3.05, 3.63) is 59.8 Å². The third-order valence-electron chi connectivity index (χ3n) is 5.17. The second-order valence-corrected chi connectivity index (χ2v) is 6.72. The van der Waals surface area contributed by atoms with Crippen molar-refractivity contribution in [3.63, 3.8) is 0 Å². The zero-order chi connectivity index (χ0) is 15.5. The van der Waals surface area contributed by atoms with E-state index in [0.29, 0.717) is 6.04 Å². The Morgan fingerprint density at radius 3 is 2.57 bits per heavy atom. The lowest BCUT2D eigenvalue weighted by Crippen LogP contribution is -2.26. The van der Waals surface area contributed by atoms with Crippen LogP contribution < -0.4 is 4.90 Å². The standard InChI is InChI=1S/C20H25N3/c1-2-8-17(9-3-1)16-23-15-7-11-19(23)18-10-6-12-21-20(18)22-13-4-5-14-22/h1-3,6,8-10,12,19H,4-5,7,11,13-16H2. The average Bonchev–Trinajstić information content (AvgIpc) is 3.27. The van der Waals surface area contributed by atoms with Crippen molar-refractivity contribution in [1.82, 2.24) is 9.88 Å². The highest BCUT2D eigenvalue weighted by Gasteiger charge is 2.30. The quantitative estimate of drug-likeness (QED) is 0.850. The molecule has 0 aliphatic carbocycles. The molecular weight excluding hydrogens is 282 g/mol. The fraction of sp³-hybridized carbons (Fsp3) is 0.450. The second kappa shape index (κ2) is 6.71. The SMILES string of the molecule is c1ccc(CN2CCCC2c2cccnc2N2CCCC2)cc1. The summed E-state index contributed by atoms with van der Waals surface area (Å²) in [4.78, 5) is 9.86. The van der Waals surface area contributed by atoms with Crippen molar-refractivity contribution in [3.8, 4) is 0 Å². The van der Waals surface area contributed by atoms with Crippen LogP contribution in [0.3, 0.4) is 0 Å². The van der Waals surface area contributed by atoms with Gasteiger partial charge in [0, 0.05) is 37.4 Å². The minimum absolute atomic E-state index is 0.513. The van der Waals surface area contributed by atoms with Crippen LogP contribution in [0.5, 0.6) is 0 Å². The zero-order valence-electron chi connectivity index (χ0n) is 13.7. The van der Waals surface area contributed by atoms with E-state index in [9.17, 15) is 0 Å². The summed E-state index contributed by atoms with van der Waals surface area (Å²) in [6.07, 6.45) is 7.08. The van der Waals surface area contributed by atoms with Crippen LogP contribution in [0.25, 0.3) is 0 Å². The van der Waals surface area contributed by atoms with Gasteiger partial charge < -0.3 is 4.90 Å². The number of pyridine rings is 1. The molecule has 1 aromatic heterocycles. The predicted octanol–water partition coefficient (Wildman–Crippen LogP) is 4.02. The van der Waals surface area contributed by atoms with Gasteiger partial charge in [0.2, 0.25) is 0 Å². The van der Waals surface area contributed by atoms with E-state index in [1.807, 2.05) is 6.20 Å². The highest BCUT2D eigenvalue weighted by molar-refractivity contribution is 5.49. The molecule has 0 radical (unpaired) electrons. The van der Waals surface area contributed by atoms with E-state index in [4.69, 9.17) is 4.98 Å². The average molecular weight is 307 g/mol. The van der Waals surface area contributed by atoms with Crippen molar-refractivity contribution in [2.24, 2.45) is 0 Å². The van der Waals surface area contributed by atoms with Crippen LogP contribution in [-0.2, 0) is 6.54 Å². The first-order chi connectivity index (χ1) is 11.4. The first-order valence-corrected chi connectivity index (χ1v) is 8.90. The lowest BCUT2D eigenvalue weighted by Gasteiger charge is -2.29. The van der Waals surface area contributed by atoms with Gasteiger partial charge in [0.05, 0.1) is 0 Å². The number of hydrogen-bond donors (Lipinski definition) is 0. The van der Waals surface area contributed by atoms with Crippen LogP contribution in [0.1, 0.15) is 42.9 Å². The van der Waals surface area contributed by atoms with E-state index in [1.54, 1.807) is 0 Å². The Morgan fingerprint density at radius 2 is 1.74 bits per heavy atom. The molecule has 1 unspecified atom stereocenters. The second-order valence-electron chi connectivity index (χ2n) is 6.72. The minimum atomic E-state index is 0.513. The minimum Gasteiger partial charge on any atom is -0.356 e. The normalized spacial score (nSPS) is 21.9. The van der Waals surface area contributed by atoms with Gasteiger partial charge in [-0.05, 0) is 43.9 Å². The number of anilines is 1. The van der Waals surface area contributed by atoms with Gasteiger partial charge in [-0.2, -0.15) is 0 Å². The van der Waals surface area contributed by atoms with Gasteiger partial charge in [0.1, 0.15) is 5.82 Å². The van der Waals surface area contributed by atoms with Crippen LogP contribution in [0.2, 0.25) is 0 Å². The summed E-state index contributed by atoms with van der Waals surface area (Å²) in [7, 11) is 0. The Morgan fingerprint density at radius 1 is 0.913 bits per heavy atom. The Balaban J connectivity index is 1.59. The first-order valence-electron chi connectivity index (χ1n) is 8.90. The van der Waals surface area contributed by atoms with E-state index in [-0.39, 0.29) is 0 Å². The van der Waals surface area contributed by atoms with Crippen LogP contribution in [0.15, 0.2) is 48.7 Å². The van der Waals surface area contributed by atoms with Crippen LogP contribution in [0.4, 0.5) is 5.82 Å². The molecule has 2 aliphatic heterocycles. The molecule has 120 valence electrons. The number of likely N-dealkylation sites (tertiary alicyclic amines) is 1. The van der Waals surface area contributed by atoms with Gasteiger partial charge in [-0.15, -0.1) is 0 Å². The maximum atomic E-state index is 4.75. The van der Waals surface area contributed by atoms with E-state index in [1.165, 1.54) is 49.2 Å². The van der Waals surface area contributed by atoms with E-state index in [0.717, 1.165) is 19.6 Å². The lowest BCUT2D eigenvalue weighted by molar-refractivity contribution is 0.248. The Hall–Kier alpha value is -1.87. The number of benzene rings is 1. The van der Waals surface area contributed by atoms with Gasteiger partial charge in [0.15, 0.2) is 0 Å². The van der Waals surface area contributed by atoms with E-state index >= 15 is 0 Å². The molecule has 3 heteroatoms. The number of hydrogen-bond acceptors (Lipinski definition) is 3. The Kier molecular flexibility index (Phi) is 4.29.